The van der Waals surface area contributed by atoms with E-state index in [-0.39, 0.29) is 0 Å². The van der Waals surface area contributed by atoms with Crippen molar-refractivity contribution in [1.82, 2.24) is 9.97 Å². The fraction of sp³-hybridized carbons (Fsp3) is 0.667. The lowest BCUT2D eigenvalue weighted by Gasteiger charge is -2.12. The normalized spacial score (nSPS) is 23.6. The monoisotopic (exact) mass is 235 g/mol. The van der Waals surface area contributed by atoms with Crippen molar-refractivity contribution in [3.05, 3.63) is 6.07 Å². The summed E-state index contributed by atoms with van der Waals surface area (Å²) in [6.45, 7) is 3.30. The van der Waals surface area contributed by atoms with E-state index in [1.54, 1.807) is 0 Å². The molecule has 1 aromatic heterocycles. The molecule has 2 atom stereocenters. The minimum Gasteiger partial charge on any atom is -0.373 e. The van der Waals surface area contributed by atoms with E-state index in [0.29, 0.717) is 5.95 Å². The van der Waals surface area contributed by atoms with Gasteiger partial charge < -0.3 is 16.4 Å². The van der Waals surface area contributed by atoms with Gasteiger partial charge in [0.2, 0.25) is 5.95 Å². The van der Waals surface area contributed by atoms with Crippen molar-refractivity contribution in [2.45, 2.75) is 26.2 Å². The fourth-order valence-corrected chi connectivity index (χ4v) is 2.44. The molecule has 0 saturated heterocycles. The molecule has 0 amide bonds. The van der Waals surface area contributed by atoms with Gasteiger partial charge in [-0.25, -0.2) is 0 Å². The van der Waals surface area contributed by atoms with Crippen molar-refractivity contribution in [2.24, 2.45) is 11.8 Å². The first-order valence-corrected chi connectivity index (χ1v) is 6.23. The van der Waals surface area contributed by atoms with Crippen LogP contribution in [-0.2, 0) is 0 Å². The molecule has 4 N–H and O–H groups in total. The van der Waals surface area contributed by atoms with E-state index in [9.17, 15) is 0 Å². The zero-order valence-corrected chi connectivity index (χ0v) is 10.5. The van der Waals surface area contributed by atoms with Crippen molar-refractivity contribution >= 4 is 17.6 Å². The molecular formula is C12H21N5. The van der Waals surface area contributed by atoms with Crippen molar-refractivity contribution in [3.8, 4) is 0 Å². The van der Waals surface area contributed by atoms with Crippen molar-refractivity contribution in [1.29, 1.82) is 0 Å². The van der Waals surface area contributed by atoms with Gasteiger partial charge in [0.1, 0.15) is 11.6 Å². The summed E-state index contributed by atoms with van der Waals surface area (Å²) in [5, 5.41) is 6.32. The van der Waals surface area contributed by atoms with Gasteiger partial charge in [-0.1, -0.05) is 13.3 Å². The van der Waals surface area contributed by atoms with Gasteiger partial charge in [0.15, 0.2) is 0 Å². The van der Waals surface area contributed by atoms with E-state index in [0.717, 1.165) is 30.0 Å². The highest BCUT2D eigenvalue weighted by Gasteiger charge is 2.20. The van der Waals surface area contributed by atoms with Gasteiger partial charge in [-0.2, -0.15) is 9.97 Å². The van der Waals surface area contributed by atoms with Gasteiger partial charge in [-0.05, 0) is 24.7 Å². The molecule has 17 heavy (non-hydrogen) atoms. The molecule has 0 aromatic carbocycles. The summed E-state index contributed by atoms with van der Waals surface area (Å²) in [6, 6.07) is 1.88. The highest BCUT2D eigenvalue weighted by Crippen LogP contribution is 2.30. The molecule has 5 heteroatoms. The summed E-state index contributed by atoms with van der Waals surface area (Å²) in [4.78, 5) is 8.24. The third kappa shape index (κ3) is 3.22. The number of nitrogen functional groups attached to an aromatic ring is 1. The lowest BCUT2D eigenvalue weighted by Crippen LogP contribution is -2.13. The molecule has 0 spiro atoms. The number of nitrogens with one attached hydrogen (secondary N) is 2. The van der Waals surface area contributed by atoms with E-state index in [1.165, 1.54) is 19.3 Å². The van der Waals surface area contributed by atoms with Crippen LogP contribution in [-0.4, -0.2) is 23.6 Å². The first-order chi connectivity index (χ1) is 8.17. The lowest BCUT2D eigenvalue weighted by atomic mass is 10.1. The minimum absolute atomic E-state index is 0.305. The van der Waals surface area contributed by atoms with Gasteiger partial charge in [0, 0.05) is 19.7 Å². The van der Waals surface area contributed by atoms with E-state index in [1.807, 2.05) is 13.1 Å². The second kappa shape index (κ2) is 5.21. The molecule has 2 rings (SSSR count). The summed E-state index contributed by atoms with van der Waals surface area (Å²) in [6.07, 6.45) is 3.97. The molecule has 0 radical (unpaired) electrons. The maximum absolute atomic E-state index is 5.64. The van der Waals surface area contributed by atoms with Crippen molar-refractivity contribution < 1.29 is 0 Å². The third-order valence-electron chi connectivity index (χ3n) is 3.37. The Labute approximate surface area is 102 Å². The second-order valence-corrected chi connectivity index (χ2v) is 4.91. The van der Waals surface area contributed by atoms with Crippen LogP contribution in [0.3, 0.4) is 0 Å². The number of rotatable bonds is 4. The smallest absolute Gasteiger partial charge is 0.223 e. The molecule has 1 aliphatic carbocycles. The van der Waals surface area contributed by atoms with Crippen LogP contribution in [0.2, 0.25) is 0 Å². The van der Waals surface area contributed by atoms with E-state index < -0.39 is 0 Å². The van der Waals surface area contributed by atoms with E-state index >= 15 is 0 Å². The minimum atomic E-state index is 0.305. The van der Waals surface area contributed by atoms with Crippen LogP contribution in [0.15, 0.2) is 6.07 Å². The topological polar surface area (TPSA) is 75.9 Å². The standard InChI is InChI=1S/C12H21N5/c1-8-3-4-9(5-8)7-15-11-6-10(14-2)16-12(13)17-11/h6,8-9H,3-5,7H2,1-2H3,(H4,13,14,15,16,17). The summed E-state index contributed by atoms with van der Waals surface area (Å²) >= 11 is 0. The molecule has 1 heterocycles. The Balaban J connectivity index is 1.92. The maximum atomic E-state index is 5.64. The molecule has 2 unspecified atom stereocenters. The zero-order chi connectivity index (χ0) is 12.3. The lowest BCUT2D eigenvalue weighted by molar-refractivity contribution is 0.536. The largest absolute Gasteiger partial charge is 0.373 e. The Kier molecular flexibility index (Phi) is 3.66. The van der Waals surface area contributed by atoms with Crippen molar-refractivity contribution in [2.75, 3.05) is 30.0 Å². The summed E-state index contributed by atoms with van der Waals surface area (Å²) in [7, 11) is 1.82. The van der Waals surface area contributed by atoms with Gasteiger partial charge in [0.05, 0.1) is 0 Å². The van der Waals surface area contributed by atoms with E-state index in [2.05, 4.69) is 27.5 Å². The van der Waals surface area contributed by atoms with Crippen molar-refractivity contribution in [3.63, 3.8) is 0 Å². The second-order valence-electron chi connectivity index (χ2n) is 4.91. The van der Waals surface area contributed by atoms with Crippen LogP contribution in [0.4, 0.5) is 17.6 Å². The highest BCUT2D eigenvalue weighted by molar-refractivity contribution is 5.50. The molecule has 1 aromatic rings. The van der Waals surface area contributed by atoms with Gasteiger partial charge in [-0.15, -0.1) is 0 Å². The SMILES string of the molecule is CNc1cc(NCC2CCC(C)C2)nc(N)n1. The Bertz CT molecular complexity index is 379. The molecular weight excluding hydrogens is 214 g/mol. The molecule has 94 valence electrons. The Morgan fingerprint density at radius 1 is 1.35 bits per heavy atom. The Morgan fingerprint density at radius 3 is 2.76 bits per heavy atom. The molecule has 0 aliphatic heterocycles. The Hall–Kier alpha value is -1.52. The predicted octanol–water partition coefficient (Wildman–Crippen LogP) is 1.95. The zero-order valence-electron chi connectivity index (χ0n) is 10.5. The van der Waals surface area contributed by atoms with Crippen LogP contribution >= 0.6 is 0 Å². The number of aromatic nitrogens is 2. The first kappa shape index (κ1) is 12.0. The first-order valence-electron chi connectivity index (χ1n) is 6.23. The molecule has 1 aliphatic rings. The quantitative estimate of drug-likeness (QED) is 0.743. The molecule has 1 saturated carbocycles. The van der Waals surface area contributed by atoms with Crippen LogP contribution in [0.25, 0.3) is 0 Å². The number of nitrogens with two attached hydrogens (primary N) is 1. The van der Waals surface area contributed by atoms with Gasteiger partial charge in [-0.3, -0.25) is 0 Å². The van der Waals surface area contributed by atoms with E-state index in [4.69, 9.17) is 5.73 Å². The fourth-order valence-electron chi connectivity index (χ4n) is 2.44. The van der Waals surface area contributed by atoms with Gasteiger partial charge in [0.25, 0.3) is 0 Å². The number of hydrogen-bond donors (Lipinski definition) is 3. The average molecular weight is 235 g/mol. The summed E-state index contributed by atoms with van der Waals surface area (Å²) < 4.78 is 0. The molecule has 5 nitrogen and oxygen atoms in total. The molecule has 1 fully saturated rings. The van der Waals surface area contributed by atoms with Crippen LogP contribution < -0.4 is 16.4 Å². The summed E-state index contributed by atoms with van der Waals surface area (Å²) in [5.41, 5.74) is 5.64. The van der Waals surface area contributed by atoms with Gasteiger partial charge >= 0.3 is 0 Å². The summed E-state index contributed by atoms with van der Waals surface area (Å²) in [5.74, 6) is 3.49. The van der Waals surface area contributed by atoms with Crippen LogP contribution in [0, 0.1) is 11.8 Å². The number of hydrogen-bond acceptors (Lipinski definition) is 5. The average Bonchev–Trinajstić information content (AvgIpc) is 2.72. The number of nitrogens with zero attached hydrogens (tertiary/aromatic N) is 2. The highest BCUT2D eigenvalue weighted by atomic mass is 15.1. The van der Waals surface area contributed by atoms with Crippen LogP contribution in [0.5, 0.6) is 0 Å². The third-order valence-corrected chi connectivity index (χ3v) is 3.37. The maximum Gasteiger partial charge on any atom is 0.223 e. The van der Waals surface area contributed by atoms with Crippen LogP contribution in [0.1, 0.15) is 26.2 Å². The Morgan fingerprint density at radius 2 is 2.12 bits per heavy atom. The number of anilines is 3. The predicted molar refractivity (Wildman–Crippen MR) is 71.0 cm³/mol. The molecule has 0 bridgehead atoms.